The van der Waals surface area contributed by atoms with E-state index in [1.807, 2.05) is 0 Å². The molecule has 118 valence electrons. The Bertz CT molecular complexity index is 249. The third kappa shape index (κ3) is 11.2. The average Bonchev–Trinajstić information content (AvgIpc) is 2.39. The van der Waals surface area contributed by atoms with E-state index in [0.717, 1.165) is 25.8 Å². The van der Waals surface area contributed by atoms with E-state index in [1.54, 1.807) is 0 Å². The number of carbonyl (C=O) groups is 2. The Labute approximate surface area is 127 Å². The van der Waals surface area contributed by atoms with Crippen LogP contribution in [0, 0.1) is 0 Å². The molecule has 2 N–H and O–H groups in total. The molecule has 6 heteroatoms. The number of halogens is 1. The van der Waals surface area contributed by atoms with Gasteiger partial charge in [0, 0.05) is 19.5 Å². The van der Waals surface area contributed by atoms with E-state index in [4.69, 9.17) is 4.74 Å². The topological polar surface area (TPSA) is 67.4 Å². The first-order chi connectivity index (χ1) is 9.29. The van der Waals surface area contributed by atoms with E-state index in [2.05, 4.69) is 10.6 Å². The molecule has 1 rings (SSSR count). The van der Waals surface area contributed by atoms with Crippen molar-refractivity contribution in [3.63, 3.8) is 0 Å². The van der Waals surface area contributed by atoms with Crippen molar-refractivity contribution < 1.29 is 14.3 Å². The fourth-order valence-electron chi connectivity index (χ4n) is 2.08. The molecule has 0 spiro atoms. The predicted octanol–water partition coefficient (Wildman–Crippen LogP) is 1.79. The zero-order chi connectivity index (χ0) is 13.8. The van der Waals surface area contributed by atoms with Crippen molar-refractivity contribution in [3.8, 4) is 0 Å². The molecule has 1 saturated heterocycles. The second-order valence-electron chi connectivity index (χ2n) is 4.98. The first kappa shape index (κ1) is 19.4. The summed E-state index contributed by atoms with van der Waals surface area (Å²) in [5.41, 5.74) is 0. The largest absolute Gasteiger partial charge is 0.464 e. The molecule has 0 saturated carbocycles. The van der Waals surface area contributed by atoms with Crippen LogP contribution in [-0.4, -0.2) is 38.1 Å². The normalized spacial score (nSPS) is 21.4. The van der Waals surface area contributed by atoms with Gasteiger partial charge in [-0.15, -0.1) is 12.4 Å². The fraction of sp³-hybridized carbons (Fsp3) is 0.857. The summed E-state index contributed by atoms with van der Waals surface area (Å²) in [5, 5.41) is 6.20. The Morgan fingerprint density at radius 1 is 0.850 bits per heavy atom. The molecule has 0 aromatic carbocycles. The lowest BCUT2D eigenvalue weighted by molar-refractivity contribution is -0.143. The van der Waals surface area contributed by atoms with Gasteiger partial charge in [-0.3, -0.25) is 14.9 Å². The zero-order valence-corrected chi connectivity index (χ0v) is 12.9. The highest BCUT2D eigenvalue weighted by atomic mass is 35.5. The Morgan fingerprint density at radius 3 is 2.35 bits per heavy atom. The van der Waals surface area contributed by atoms with Gasteiger partial charge < -0.3 is 10.1 Å². The number of ketones is 1. The van der Waals surface area contributed by atoms with Crippen LogP contribution in [0.4, 0.5) is 0 Å². The van der Waals surface area contributed by atoms with Crippen molar-refractivity contribution in [1.82, 2.24) is 10.6 Å². The number of hydrogen-bond donors (Lipinski definition) is 2. The minimum Gasteiger partial charge on any atom is -0.464 e. The molecule has 1 aliphatic rings. The van der Waals surface area contributed by atoms with Gasteiger partial charge in [0.05, 0.1) is 13.2 Å². The van der Waals surface area contributed by atoms with Crippen LogP contribution >= 0.6 is 12.4 Å². The van der Waals surface area contributed by atoms with E-state index >= 15 is 0 Å². The molecule has 0 unspecified atom stereocenters. The second kappa shape index (κ2) is 13.3. The summed E-state index contributed by atoms with van der Waals surface area (Å²) in [4.78, 5) is 22.8. The third-order valence-corrected chi connectivity index (χ3v) is 3.22. The van der Waals surface area contributed by atoms with Crippen LogP contribution in [0.1, 0.15) is 51.4 Å². The summed E-state index contributed by atoms with van der Waals surface area (Å²) in [6.45, 7) is 2.00. The van der Waals surface area contributed by atoms with Gasteiger partial charge in [0.2, 0.25) is 0 Å². The van der Waals surface area contributed by atoms with E-state index in [-0.39, 0.29) is 37.3 Å². The molecule has 0 atom stereocenters. The number of esters is 1. The van der Waals surface area contributed by atoms with E-state index < -0.39 is 0 Å². The lowest BCUT2D eigenvalue weighted by Crippen LogP contribution is -2.34. The van der Waals surface area contributed by atoms with Gasteiger partial charge in [-0.1, -0.05) is 25.7 Å². The summed E-state index contributed by atoms with van der Waals surface area (Å²) in [6, 6.07) is 0. The molecule has 1 heterocycles. The summed E-state index contributed by atoms with van der Waals surface area (Å²) >= 11 is 0. The molecular weight excluding hydrogens is 280 g/mol. The minimum atomic E-state index is -0.293. The fourth-order valence-corrected chi connectivity index (χ4v) is 2.08. The molecular formula is C14H27ClN2O3. The van der Waals surface area contributed by atoms with Crippen LogP contribution < -0.4 is 10.6 Å². The molecule has 0 amide bonds. The van der Waals surface area contributed by atoms with E-state index in [1.165, 1.54) is 19.3 Å². The Balaban J connectivity index is 0.00000361. The van der Waals surface area contributed by atoms with Crippen LogP contribution in [0.2, 0.25) is 0 Å². The van der Waals surface area contributed by atoms with Crippen molar-refractivity contribution in [3.05, 3.63) is 0 Å². The van der Waals surface area contributed by atoms with Gasteiger partial charge in [0.15, 0.2) is 0 Å². The molecule has 1 aliphatic heterocycles. The van der Waals surface area contributed by atoms with Gasteiger partial charge >= 0.3 is 5.97 Å². The van der Waals surface area contributed by atoms with E-state index in [9.17, 15) is 9.59 Å². The maximum atomic E-state index is 11.5. The third-order valence-electron chi connectivity index (χ3n) is 3.22. The van der Waals surface area contributed by atoms with Crippen LogP contribution in [0.5, 0.6) is 0 Å². The Kier molecular flexibility index (Phi) is 12.9. The van der Waals surface area contributed by atoms with Crippen molar-refractivity contribution in [2.24, 2.45) is 0 Å². The molecule has 0 bridgehead atoms. The lowest BCUT2D eigenvalue weighted by Gasteiger charge is -2.07. The first-order valence-electron chi connectivity index (χ1n) is 7.38. The molecule has 20 heavy (non-hydrogen) atoms. The Morgan fingerprint density at radius 2 is 1.55 bits per heavy atom. The van der Waals surface area contributed by atoms with Crippen molar-refractivity contribution >= 4 is 24.2 Å². The van der Waals surface area contributed by atoms with Gasteiger partial charge in [-0.25, -0.2) is 0 Å². The molecule has 0 aromatic heterocycles. The predicted molar refractivity (Wildman–Crippen MR) is 81.0 cm³/mol. The van der Waals surface area contributed by atoms with Gasteiger partial charge in [0.25, 0.3) is 0 Å². The SMILES string of the molecule is Cl.O=C1CCCCCCCCNCNCC(=O)OCC1. The van der Waals surface area contributed by atoms with Crippen molar-refractivity contribution in [2.75, 3.05) is 26.4 Å². The molecule has 0 aromatic rings. The van der Waals surface area contributed by atoms with Crippen LogP contribution in [-0.2, 0) is 14.3 Å². The standard InChI is InChI=1S/C14H26N2O3.ClH/c17-13-7-5-3-1-2-4-6-9-15-12-16-11-14(18)19-10-8-13;/h15-16H,1-12H2;1H. The maximum absolute atomic E-state index is 11.5. The summed E-state index contributed by atoms with van der Waals surface area (Å²) in [7, 11) is 0. The number of ether oxygens (including phenoxy) is 1. The molecule has 0 radical (unpaired) electrons. The minimum absolute atomic E-state index is 0. The monoisotopic (exact) mass is 306 g/mol. The first-order valence-corrected chi connectivity index (χ1v) is 7.38. The quantitative estimate of drug-likeness (QED) is 0.668. The average molecular weight is 307 g/mol. The smallest absolute Gasteiger partial charge is 0.319 e. The Hall–Kier alpha value is -0.650. The molecule has 0 aliphatic carbocycles. The number of carbonyl (C=O) groups excluding carboxylic acids is 2. The zero-order valence-electron chi connectivity index (χ0n) is 12.1. The van der Waals surface area contributed by atoms with Crippen LogP contribution in [0.3, 0.4) is 0 Å². The van der Waals surface area contributed by atoms with Crippen LogP contribution in [0.15, 0.2) is 0 Å². The molecule has 5 nitrogen and oxygen atoms in total. The number of Topliss-reactive ketones (excluding diaryl/α,β-unsaturated/α-hetero) is 1. The number of hydrogen-bond acceptors (Lipinski definition) is 5. The van der Waals surface area contributed by atoms with E-state index in [0.29, 0.717) is 19.5 Å². The maximum Gasteiger partial charge on any atom is 0.319 e. The van der Waals surface area contributed by atoms with Crippen molar-refractivity contribution in [1.29, 1.82) is 0 Å². The van der Waals surface area contributed by atoms with Gasteiger partial charge in [-0.2, -0.15) is 0 Å². The highest BCUT2D eigenvalue weighted by Crippen LogP contribution is 2.08. The summed E-state index contributed by atoms with van der Waals surface area (Å²) in [6.07, 6.45) is 7.90. The summed E-state index contributed by atoms with van der Waals surface area (Å²) < 4.78 is 4.99. The number of nitrogens with one attached hydrogen (secondary N) is 2. The second-order valence-corrected chi connectivity index (χ2v) is 4.98. The van der Waals surface area contributed by atoms with Gasteiger partial charge in [0.1, 0.15) is 5.78 Å². The van der Waals surface area contributed by atoms with Crippen molar-refractivity contribution in [2.45, 2.75) is 51.4 Å². The van der Waals surface area contributed by atoms with Crippen LogP contribution in [0.25, 0.3) is 0 Å². The number of rotatable bonds is 0. The highest BCUT2D eigenvalue weighted by molar-refractivity contribution is 5.85. The highest BCUT2D eigenvalue weighted by Gasteiger charge is 2.06. The number of cyclic esters (lactones) is 1. The molecule has 1 fully saturated rings. The lowest BCUT2D eigenvalue weighted by atomic mass is 10.1. The summed E-state index contributed by atoms with van der Waals surface area (Å²) in [5.74, 6) is -0.0920. The van der Waals surface area contributed by atoms with Gasteiger partial charge in [-0.05, 0) is 19.4 Å².